The molecule has 0 aliphatic carbocycles. The first kappa shape index (κ1) is 27.6. The Hall–Kier alpha value is -1.35. The van der Waals surface area contributed by atoms with Gasteiger partial charge in [0.2, 0.25) is 5.91 Å². The van der Waals surface area contributed by atoms with Crippen LogP contribution in [0.4, 0.5) is 5.69 Å². The van der Waals surface area contributed by atoms with Crippen LogP contribution in [0.25, 0.3) is 0 Å². The molecule has 7 heteroatoms. The second-order valence-corrected chi connectivity index (χ2v) is 8.05. The van der Waals surface area contributed by atoms with Gasteiger partial charge in [-0.15, -0.1) is 24.0 Å². The highest BCUT2D eigenvalue weighted by molar-refractivity contribution is 14.0. The molecule has 29 heavy (non-hydrogen) atoms. The first-order valence-corrected chi connectivity index (χ1v) is 10.4. The third-order valence-corrected chi connectivity index (χ3v) is 4.24. The van der Waals surface area contributed by atoms with Gasteiger partial charge in [-0.2, -0.15) is 0 Å². The summed E-state index contributed by atoms with van der Waals surface area (Å²) in [6.07, 6.45) is 3.61. The van der Waals surface area contributed by atoms with E-state index in [1.165, 1.54) is 12.8 Å². The second-order valence-electron chi connectivity index (χ2n) is 8.05. The number of carbonyl (C=O) groups is 1. The van der Waals surface area contributed by atoms with Crippen LogP contribution in [0.5, 0.6) is 0 Å². The number of nitrogens with one attached hydrogen (secondary N) is 3. The van der Waals surface area contributed by atoms with Gasteiger partial charge >= 0.3 is 0 Å². The van der Waals surface area contributed by atoms with E-state index in [9.17, 15) is 4.79 Å². The highest BCUT2D eigenvalue weighted by atomic mass is 127. The minimum absolute atomic E-state index is 0. The smallest absolute Gasteiger partial charge is 0.238 e. The average Bonchev–Trinajstić information content (AvgIpc) is 2.59. The maximum Gasteiger partial charge on any atom is 0.238 e. The molecule has 0 radical (unpaired) electrons. The molecule has 1 amide bonds. The zero-order valence-electron chi connectivity index (χ0n) is 18.9. The molecule has 0 aliphatic rings. The summed E-state index contributed by atoms with van der Waals surface area (Å²) in [6, 6.07) is 8.24. The van der Waals surface area contributed by atoms with Gasteiger partial charge in [-0.3, -0.25) is 4.79 Å². The monoisotopic (exact) mass is 517 g/mol. The van der Waals surface area contributed by atoms with E-state index in [-0.39, 0.29) is 29.9 Å². The molecule has 1 unspecified atom stereocenters. The normalized spacial score (nSPS) is 12.5. The Bertz CT molecular complexity index is 619. The molecule has 1 aromatic rings. The number of halogens is 1. The van der Waals surface area contributed by atoms with E-state index >= 15 is 0 Å². The number of likely N-dealkylation sites (N-methyl/N-ethyl adjacent to an activating group) is 1. The van der Waals surface area contributed by atoms with Crippen molar-refractivity contribution in [3.63, 3.8) is 0 Å². The maximum atomic E-state index is 11.9. The number of carbonyl (C=O) groups excluding carboxylic acids is 1. The number of benzene rings is 1. The van der Waals surface area contributed by atoms with Crippen molar-refractivity contribution in [2.24, 2.45) is 10.9 Å². The van der Waals surface area contributed by atoms with Gasteiger partial charge in [-0.1, -0.05) is 38.8 Å². The van der Waals surface area contributed by atoms with Crippen LogP contribution in [0.2, 0.25) is 0 Å². The number of hydrogen-bond donors (Lipinski definition) is 3. The molecule has 1 aromatic carbocycles. The summed E-state index contributed by atoms with van der Waals surface area (Å²) < 4.78 is 0. The predicted molar refractivity (Wildman–Crippen MR) is 135 cm³/mol. The summed E-state index contributed by atoms with van der Waals surface area (Å²) in [4.78, 5) is 18.5. The van der Waals surface area contributed by atoms with E-state index in [0.717, 1.165) is 36.1 Å². The molecule has 3 N–H and O–H groups in total. The first-order valence-electron chi connectivity index (χ1n) is 10.4. The van der Waals surface area contributed by atoms with Gasteiger partial charge in [-0.05, 0) is 58.0 Å². The molecule has 1 atom stereocenters. The van der Waals surface area contributed by atoms with Gasteiger partial charge in [0.05, 0.1) is 13.1 Å². The highest BCUT2D eigenvalue weighted by Gasteiger charge is 2.07. The van der Waals surface area contributed by atoms with E-state index in [2.05, 4.69) is 43.6 Å². The van der Waals surface area contributed by atoms with Gasteiger partial charge in [-0.25, -0.2) is 4.99 Å². The molecular weight excluding hydrogens is 477 g/mol. The zero-order chi connectivity index (χ0) is 20.9. The van der Waals surface area contributed by atoms with Crippen LogP contribution in [0.3, 0.4) is 0 Å². The minimum atomic E-state index is -0.0177. The van der Waals surface area contributed by atoms with Crippen LogP contribution in [0.1, 0.15) is 52.5 Å². The molecule has 0 fully saturated rings. The molecule has 0 saturated heterocycles. The van der Waals surface area contributed by atoms with Crippen LogP contribution in [0.15, 0.2) is 29.3 Å². The Morgan fingerprint density at radius 2 is 1.90 bits per heavy atom. The fourth-order valence-corrected chi connectivity index (χ4v) is 2.86. The topological polar surface area (TPSA) is 68.8 Å². The predicted octanol–water partition coefficient (Wildman–Crippen LogP) is 4.07. The number of rotatable bonds is 11. The molecule has 0 bridgehead atoms. The number of nitrogens with zero attached hydrogens (tertiary/aromatic N) is 2. The Balaban J connectivity index is 0.00000784. The Morgan fingerprint density at radius 3 is 2.52 bits per heavy atom. The summed E-state index contributed by atoms with van der Waals surface area (Å²) >= 11 is 0. The fourth-order valence-electron chi connectivity index (χ4n) is 2.86. The molecule has 0 spiro atoms. The first-order chi connectivity index (χ1) is 13.3. The maximum absolute atomic E-state index is 11.9. The van der Waals surface area contributed by atoms with Gasteiger partial charge in [0, 0.05) is 18.3 Å². The third-order valence-electron chi connectivity index (χ3n) is 4.24. The Kier molecular flexibility index (Phi) is 14.8. The van der Waals surface area contributed by atoms with Gasteiger partial charge in [0.15, 0.2) is 5.96 Å². The number of anilines is 1. The number of aliphatic imine (C=N–C) groups is 1. The van der Waals surface area contributed by atoms with E-state index in [4.69, 9.17) is 4.99 Å². The lowest BCUT2D eigenvalue weighted by molar-refractivity contribution is -0.116. The van der Waals surface area contributed by atoms with Crippen LogP contribution in [-0.4, -0.2) is 50.0 Å². The molecule has 6 nitrogen and oxygen atoms in total. The summed E-state index contributed by atoms with van der Waals surface area (Å²) in [7, 11) is 3.76. The highest BCUT2D eigenvalue weighted by Crippen LogP contribution is 2.12. The lowest BCUT2D eigenvalue weighted by Crippen LogP contribution is -2.42. The number of hydrogen-bond acceptors (Lipinski definition) is 3. The van der Waals surface area contributed by atoms with Gasteiger partial charge < -0.3 is 20.9 Å². The van der Waals surface area contributed by atoms with Crippen LogP contribution >= 0.6 is 24.0 Å². The third kappa shape index (κ3) is 13.5. The molecule has 0 aromatic heterocycles. The van der Waals surface area contributed by atoms with Gasteiger partial charge in [0.25, 0.3) is 0 Å². The van der Waals surface area contributed by atoms with Crippen LogP contribution in [-0.2, 0) is 11.3 Å². The molecular formula is C22H40IN5O. The summed E-state index contributed by atoms with van der Waals surface area (Å²) in [5.41, 5.74) is 1.87. The summed E-state index contributed by atoms with van der Waals surface area (Å²) in [5, 5.41) is 9.74. The lowest BCUT2D eigenvalue weighted by atomic mass is 10.0. The zero-order valence-corrected chi connectivity index (χ0v) is 21.2. The number of guanidine groups is 1. The van der Waals surface area contributed by atoms with Crippen molar-refractivity contribution in [2.75, 3.05) is 32.5 Å². The van der Waals surface area contributed by atoms with E-state index in [1.54, 1.807) is 0 Å². The largest absolute Gasteiger partial charge is 0.357 e. The molecule has 0 heterocycles. The van der Waals surface area contributed by atoms with E-state index < -0.39 is 0 Å². The molecule has 1 rings (SSSR count). The fraction of sp³-hybridized carbons (Fsp3) is 0.636. The van der Waals surface area contributed by atoms with Gasteiger partial charge in [0.1, 0.15) is 0 Å². The quantitative estimate of drug-likeness (QED) is 0.235. The Morgan fingerprint density at radius 1 is 1.17 bits per heavy atom. The molecule has 0 aliphatic heterocycles. The lowest BCUT2D eigenvalue weighted by Gasteiger charge is -2.18. The van der Waals surface area contributed by atoms with Crippen molar-refractivity contribution >= 4 is 41.5 Å². The van der Waals surface area contributed by atoms with E-state index in [0.29, 0.717) is 19.1 Å². The summed E-state index contributed by atoms with van der Waals surface area (Å²) in [6.45, 7) is 10.6. The van der Waals surface area contributed by atoms with Crippen LogP contribution in [0, 0.1) is 5.92 Å². The average molecular weight is 518 g/mol. The minimum Gasteiger partial charge on any atom is -0.357 e. The molecule has 166 valence electrons. The number of amides is 1. The standard InChI is InChI=1S/C22H39N5O.HI/c1-7-23-22(25-18(4)11-8-10-17(2)3)24-15-19-12-9-13-20(14-19)26-21(28)16-27(5)6;/h9,12-14,17-18H,7-8,10-11,15-16H2,1-6H3,(H,26,28)(H2,23,24,25);1H. The van der Waals surface area contributed by atoms with Crippen molar-refractivity contribution in [1.29, 1.82) is 0 Å². The van der Waals surface area contributed by atoms with Crippen molar-refractivity contribution in [2.45, 2.75) is 59.5 Å². The summed E-state index contributed by atoms with van der Waals surface area (Å²) in [5.74, 6) is 1.57. The second kappa shape index (κ2) is 15.5. The molecule has 0 saturated carbocycles. The van der Waals surface area contributed by atoms with E-state index in [1.807, 2.05) is 43.3 Å². The van der Waals surface area contributed by atoms with Crippen LogP contribution < -0.4 is 16.0 Å². The van der Waals surface area contributed by atoms with Crippen molar-refractivity contribution in [3.8, 4) is 0 Å². The van der Waals surface area contributed by atoms with Crippen molar-refractivity contribution < 1.29 is 4.79 Å². The SMILES string of the molecule is CCNC(=NCc1cccc(NC(=O)CN(C)C)c1)NC(C)CCCC(C)C.I. The van der Waals surface area contributed by atoms with Crippen molar-refractivity contribution in [1.82, 2.24) is 15.5 Å². The Labute approximate surface area is 194 Å². The van der Waals surface area contributed by atoms with Crippen molar-refractivity contribution in [3.05, 3.63) is 29.8 Å².